The maximum Gasteiger partial charge on any atom is 0.250 e. The number of ether oxygens (including phenoxy) is 1. The number of phenolic OH excluding ortho intramolecular Hbond substituents is 1. The number of aryl methyl sites for hydroxylation is 1. The Balaban J connectivity index is 1.31. The Bertz CT molecular complexity index is 1400. The first kappa shape index (κ1) is 20.1. The molecule has 2 aliphatic heterocycles. The van der Waals surface area contributed by atoms with Gasteiger partial charge >= 0.3 is 0 Å². The SMILES string of the molecule is Cn1ccc(-c2ccc(-c3cc4cnn([C@@H]5C[C@H]6COC[C@@H](C5)N6)c4nn3)c(O)c2)cc1=O. The van der Waals surface area contributed by atoms with Gasteiger partial charge in [-0.2, -0.15) is 5.10 Å². The molecule has 2 aliphatic rings. The number of nitrogens with one attached hydrogen (secondary N) is 1. The summed E-state index contributed by atoms with van der Waals surface area (Å²) in [5, 5.41) is 28.7. The molecule has 3 atom stereocenters. The van der Waals surface area contributed by atoms with Crippen LogP contribution in [0.25, 0.3) is 33.4 Å². The van der Waals surface area contributed by atoms with Crippen molar-refractivity contribution in [3.8, 4) is 28.1 Å². The number of benzene rings is 1. The number of aromatic hydroxyl groups is 1. The molecule has 9 nitrogen and oxygen atoms in total. The molecule has 2 N–H and O–H groups in total. The monoisotopic (exact) mass is 444 g/mol. The highest BCUT2D eigenvalue weighted by Crippen LogP contribution is 2.34. The minimum atomic E-state index is -0.103. The van der Waals surface area contributed by atoms with Crippen molar-refractivity contribution < 1.29 is 9.84 Å². The number of pyridine rings is 1. The Morgan fingerprint density at radius 3 is 2.61 bits per heavy atom. The molecule has 1 aromatic carbocycles. The molecule has 2 bridgehead atoms. The minimum absolute atomic E-state index is 0.0837. The van der Waals surface area contributed by atoms with Crippen molar-refractivity contribution in [2.45, 2.75) is 31.0 Å². The van der Waals surface area contributed by atoms with Gasteiger partial charge in [-0.05, 0) is 48.2 Å². The van der Waals surface area contributed by atoms with E-state index in [-0.39, 0.29) is 17.4 Å². The second-order valence-electron chi connectivity index (χ2n) is 8.92. The molecule has 6 rings (SSSR count). The van der Waals surface area contributed by atoms with Crippen LogP contribution in [0.4, 0.5) is 0 Å². The quantitative estimate of drug-likeness (QED) is 0.499. The van der Waals surface area contributed by atoms with E-state index in [0.29, 0.717) is 23.3 Å². The molecule has 0 amide bonds. The molecule has 168 valence electrons. The zero-order valence-electron chi connectivity index (χ0n) is 18.2. The summed E-state index contributed by atoms with van der Waals surface area (Å²) in [6.07, 6.45) is 5.42. The molecule has 2 fully saturated rings. The van der Waals surface area contributed by atoms with Gasteiger partial charge in [-0.3, -0.25) is 4.79 Å². The van der Waals surface area contributed by atoms with Gasteiger partial charge in [0.25, 0.3) is 5.56 Å². The molecule has 5 heterocycles. The average molecular weight is 444 g/mol. The second kappa shape index (κ2) is 7.79. The molecule has 0 saturated carbocycles. The van der Waals surface area contributed by atoms with Gasteiger partial charge in [0.05, 0.1) is 31.1 Å². The van der Waals surface area contributed by atoms with Crippen LogP contribution in [0.3, 0.4) is 0 Å². The highest BCUT2D eigenvalue weighted by Gasteiger charge is 2.33. The number of fused-ring (bicyclic) bond motifs is 3. The number of piperidine rings is 1. The van der Waals surface area contributed by atoms with Crippen LogP contribution in [0.15, 0.2) is 53.6 Å². The van der Waals surface area contributed by atoms with Crippen molar-refractivity contribution in [2.75, 3.05) is 13.2 Å². The molecule has 33 heavy (non-hydrogen) atoms. The second-order valence-corrected chi connectivity index (χ2v) is 8.92. The van der Waals surface area contributed by atoms with Gasteiger partial charge in [0.2, 0.25) is 0 Å². The standard InChI is InChI=1S/C24H24N6O3/c1-29-5-4-15(8-23(29)32)14-2-3-20(22(31)7-14)21-6-16-11-25-30(24(16)28-27-21)19-9-17-12-33-13-18(10-19)26-17/h2-8,11,17-19,26,31H,9-10,12-13H2,1H3/t17-,18+,19+. The third kappa shape index (κ3) is 3.59. The van der Waals surface area contributed by atoms with Crippen LogP contribution in [-0.4, -0.2) is 54.9 Å². The normalized spacial score (nSPS) is 22.5. The van der Waals surface area contributed by atoms with Crippen LogP contribution in [0.1, 0.15) is 18.9 Å². The fourth-order valence-corrected chi connectivity index (χ4v) is 4.91. The number of rotatable bonds is 3. The van der Waals surface area contributed by atoms with Crippen LogP contribution in [0, 0.1) is 0 Å². The van der Waals surface area contributed by atoms with Gasteiger partial charge in [-0.25, -0.2) is 4.68 Å². The van der Waals surface area contributed by atoms with Crippen molar-refractivity contribution in [1.82, 2.24) is 29.9 Å². The number of morpholine rings is 1. The number of hydrogen-bond donors (Lipinski definition) is 2. The van der Waals surface area contributed by atoms with Crippen LogP contribution in [-0.2, 0) is 11.8 Å². The van der Waals surface area contributed by atoms with Gasteiger partial charge in [-0.1, -0.05) is 6.07 Å². The topological polar surface area (TPSA) is 107 Å². The van der Waals surface area contributed by atoms with E-state index in [4.69, 9.17) is 4.74 Å². The minimum Gasteiger partial charge on any atom is -0.507 e. The Kier molecular flexibility index (Phi) is 4.74. The predicted molar refractivity (Wildman–Crippen MR) is 123 cm³/mol. The lowest BCUT2D eigenvalue weighted by Gasteiger charge is -2.40. The van der Waals surface area contributed by atoms with Crippen molar-refractivity contribution >= 4 is 11.0 Å². The first-order valence-electron chi connectivity index (χ1n) is 11.1. The summed E-state index contributed by atoms with van der Waals surface area (Å²) in [6, 6.07) is 11.6. The Morgan fingerprint density at radius 2 is 1.85 bits per heavy atom. The molecule has 0 aliphatic carbocycles. The lowest BCUT2D eigenvalue weighted by molar-refractivity contribution is 0.00905. The van der Waals surface area contributed by atoms with Crippen molar-refractivity contribution in [2.24, 2.45) is 7.05 Å². The van der Waals surface area contributed by atoms with Gasteiger partial charge in [0.1, 0.15) is 5.75 Å². The fourth-order valence-electron chi connectivity index (χ4n) is 4.91. The number of hydrogen-bond acceptors (Lipinski definition) is 7. The zero-order valence-corrected chi connectivity index (χ0v) is 18.2. The van der Waals surface area contributed by atoms with E-state index in [0.717, 1.165) is 48.2 Å². The van der Waals surface area contributed by atoms with Gasteiger partial charge < -0.3 is 19.7 Å². The van der Waals surface area contributed by atoms with E-state index in [1.54, 1.807) is 31.4 Å². The molecule has 0 radical (unpaired) electrons. The molecule has 2 saturated heterocycles. The number of aromatic nitrogens is 5. The number of nitrogens with zero attached hydrogens (tertiary/aromatic N) is 5. The zero-order chi connectivity index (χ0) is 22.5. The first-order chi connectivity index (χ1) is 16.0. The molecule has 0 spiro atoms. The van der Waals surface area contributed by atoms with E-state index in [9.17, 15) is 9.90 Å². The largest absolute Gasteiger partial charge is 0.507 e. The predicted octanol–water partition coefficient (Wildman–Crippen LogP) is 2.26. The molecule has 9 heteroatoms. The van der Waals surface area contributed by atoms with Crippen LogP contribution < -0.4 is 10.9 Å². The lowest BCUT2D eigenvalue weighted by Crippen LogP contribution is -2.54. The molecule has 4 aromatic rings. The third-order valence-corrected chi connectivity index (χ3v) is 6.62. The van der Waals surface area contributed by atoms with Crippen molar-refractivity contribution in [3.63, 3.8) is 0 Å². The van der Waals surface area contributed by atoms with Gasteiger partial charge in [0.15, 0.2) is 5.65 Å². The molecule has 0 unspecified atom stereocenters. The lowest BCUT2D eigenvalue weighted by atomic mass is 9.93. The molecular formula is C24H24N6O3. The maximum absolute atomic E-state index is 11.9. The maximum atomic E-state index is 11.9. The average Bonchev–Trinajstić information content (AvgIpc) is 3.24. The summed E-state index contributed by atoms with van der Waals surface area (Å²) in [5.74, 6) is 0.0837. The van der Waals surface area contributed by atoms with E-state index in [1.165, 1.54) is 4.57 Å². The van der Waals surface area contributed by atoms with E-state index < -0.39 is 0 Å². The van der Waals surface area contributed by atoms with Gasteiger partial charge in [-0.15, -0.1) is 10.2 Å². The van der Waals surface area contributed by atoms with E-state index >= 15 is 0 Å². The summed E-state index contributed by atoms with van der Waals surface area (Å²) in [5.41, 5.74) is 3.32. The first-order valence-corrected chi connectivity index (χ1v) is 11.1. The van der Waals surface area contributed by atoms with E-state index in [1.807, 2.05) is 29.1 Å². The summed E-state index contributed by atoms with van der Waals surface area (Å²) in [7, 11) is 1.70. The summed E-state index contributed by atoms with van der Waals surface area (Å²) < 4.78 is 9.14. The Labute approximate surface area is 189 Å². The highest BCUT2D eigenvalue weighted by molar-refractivity contribution is 5.81. The fraction of sp³-hybridized carbons (Fsp3) is 0.333. The van der Waals surface area contributed by atoms with E-state index in [2.05, 4.69) is 20.6 Å². The smallest absolute Gasteiger partial charge is 0.250 e. The van der Waals surface area contributed by atoms with Crippen LogP contribution in [0.2, 0.25) is 0 Å². The van der Waals surface area contributed by atoms with Crippen molar-refractivity contribution in [1.29, 1.82) is 0 Å². The van der Waals surface area contributed by atoms with Crippen LogP contribution >= 0.6 is 0 Å². The summed E-state index contributed by atoms with van der Waals surface area (Å²) in [4.78, 5) is 11.9. The molecular weight excluding hydrogens is 420 g/mol. The van der Waals surface area contributed by atoms with Crippen LogP contribution in [0.5, 0.6) is 5.75 Å². The summed E-state index contributed by atoms with van der Waals surface area (Å²) >= 11 is 0. The summed E-state index contributed by atoms with van der Waals surface area (Å²) in [6.45, 7) is 1.46. The third-order valence-electron chi connectivity index (χ3n) is 6.62. The molecule has 3 aromatic heterocycles. The Hall–Kier alpha value is -3.56. The highest BCUT2D eigenvalue weighted by atomic mass is 16.5. The Morgan fingerprint density at radius 1 is 1.06 bits per heavy atom. The number of phenols is 1. The van der Waals surface area contributed by atoms with Gasteiger partial charge in [0, 0.05) is 42.3 Å². The van der Waals surface area contributed by atoms with Crippen molar-refractivity contribution in [3.05, 3.63) is 59.1 Å².